The molecule has 0 bridgehead atoms. The van der Waals surface area contributed by atoms with E-state index in [4.69, 9.17) is 22.5 Å². The van der Waals surface area contributed by atoms with Crippen molar-refractivity contribution in [2.75, 3.05) is 10.6 Å². The lowest BCUT2D eigenvalue weighted by molar-refractivity contribution is -0.117. The van der Waals surface area contributed by atoms with Crippen LogP contribution < -0.4 is 16.5 Å². The molecule has 35 heavy (non-hydrogen) atoms. The number of benzene rings is 3. The topological polar surface area (TPSA) is 106 Å². The molecule has 0 saturated carbocycles. The summed E-state index contributed by atoms with van der Waals surface area (Å²) in [6, 6.07) is 18.1. The van der Waals surface area contributed by atoms with Gasteiger partial charge < -0.3 is 10.2 Å². The summed E-state index contributed by atoms with van der Waals surface area (Å²) in [5, 5.41) is 6.07. The Labute approximate surface area is 209 Å². The molecule has 0 fully saturated rings. The maximum Gasteiger partial charge on any atom is 0.430 e. The van der Waals surface area contributed by atoms with E-state index in [2.05, 4.69) is 47.5 Å². The van der Waals surface area contributed by atoms with Crippen LogP contribution in [0.15, 0.2) is 65.7 Å². The Morgan fingerprint density at radius 1 is 1.06 bits per heavy atom. The van der Waals surface area contributed by atoms with Crippen LogP contribution in [0.2, 0.25) is 5.02 Å². The summed E-state index contributed by atoms with van der Waals surface area (Å²) in [6.07, 6.45) is 1.61. The monoisotopic (exact) mass is 490 g/mol. The van der Waals surface area contributed by atoms with Gasteiger partial charge >= 0.3 is 6.09 Å². The minimum absolute atomic E-state index is 0.176. The van der Waals surface area contributed by atoms with Gasteiger partial charge in [0, 0.05) is 28.3 Å². The summed E-state index contributed by atoms with van der Waals surface area (Å²) < 4.78 is 0. The van der Waals surface area contributed by atoms with Gasteiger partial charge in [0.1, 0.15) is 6.04 Å². The van der Waals surface area contributed by atoms with Gasteiger partial charge in [0.25, 0.3) is 0 Å². The third-order valence-corrected chi connectivity index (χ3v) is 6.29. The maximum absolute atomic E-state index is 13.2. The summed E-state index contributed by atoms with van der Waals surface area (Å²) in [5.74, 6) is 4.72. The van der Waals surface area contributed by atoms with Crippen LogP contribution in [0.4, 0.5) is 16.2 Å². The number of rotatable bonds is 6. The van der Waals surface area contributed by atoms with Gasteiger partial charge in [0.2, 0.25) is 5.91 Å². The fourth-order valence-corrected chi connectivity index (χ4v) is 4.42. The molecule has 4 rings (SSSR count). The molecule has 0 aromatic heterocycles. The first kappa shape index (κ1) is 24.4. The van der Waals surface area contributed by atoms with Crippen LogP contribution in [0.25, 0.3) is 0 Å². The number of carbonyl (C=O) groups excluding carboxylic acids is 2. The Bertz CT molecular complexity index is 1290. The zero-order valence-corrected chi connectivity index (χ0v) is 20.4. The second-order valence-electron chi connectivity index (χ2n) is 8.29. The van der Waals surface area contributed by atoms with E-state index >= 15 is 0 Å². The van der Waals surface area contributed by atoms with Gasteiger partial charge in [0.15, 0.2) is 0 Å². The van der Waals surface area contributed by atoms with Gasteiger partial charge in [-0.05, 0) is 59.9 Å². The van der Waals surface area contributed by atoms with E-state index in [9.17, 15) is 9.59 Å². The molecule has 4 N–H and O–H groups in total. The molecule has 1 unspecified atom stereocenters. The van der Waals surface area contributed by atoms with E-state index < -0.39 is 12.1 Å². The number of hydrogen-bond donors (Lipinski definition) is 3. The van der Waals surface area contributed by atoms with Crippen molar-refractivity contribution in [3.05, 3.63) is 93.5 Å². The molecule has 1 atom stereocenters. The van der Waals surface area contributed by atoms with Crippen molar-refractivity contribution < 1.29 is 14.4 Å². The summed E-state index contributed by atoms with van der Waals surface area (Å²) in [6.45, 7) is 4.28. The number of carbonyl (C=O) groups is 2. The minimum Gasteiger partial charge on any atom is -0.357 e. The smallest absolute Gasteiger partial charge is 0.357 e. The molecule has 3 aromatic carbocycles. The van der Waals surface area contributed by atoms with Gasteiger partial charge in [-0.1, -0.05) is 55.8 Å². The van der Waals surface area contributed by atoms with Gasteiger partial charge in [-0.3, -0.25) is 15.1 Å². The molecule has 0 radical (unpaired) electrons. The van der Waals surface area contributed by atoms with Crippen molar-refractivity contribution in [1.29, 1.82) is 0 Å². The number of nitrogens with two attached hydrogens (primary N) is 1. The zero-order valence-electron chi connectivity index (χ0n) is 19.6. The standard InChI is InChI=1S/C27H27ClN4O3/c1-3-17-6-5-16(13-18(17)4-2)14-24-26(33)32-23-12-9-20(28)15-22(23)25(31-24)19-7-10-21(11-8-19)30-27(34)35-29/h5-13,15,24H,3-4,14,29H2,1-2H3,(H,30,34)(H,32,33). The number of anilines is 2. The lowest BCUT2D eigenvalue weighted by atomic mass is 9.96. The van der Waals surface area contributed by atoms with Gasteiger partial charge in [-0.15, -0.1) is 0 Å². The quantitative estimate of drug-likeness (QED) is 0.408. The third-order valence-electron chi connectivity index (χ3n) is 6.06. The highest BCUT2D eigenvalue weighted by molar-refractivity contribution is 6.32. The molecular formula is C27H27ClN4O3. The van der Waals surface area contributed by atoms with Crippen molar-refractivity contribution in [3.63, 3.8) is 0 Å². The molecular weight excluding hydrogens is 464 g/mol. The first-order valence-corrected chi connectivity index (χ1v) is 11.9. The van der Waals surface area contributed by atoms with Crippen LogP contribution in [-0.2, 0) is 28.9 Å². The molecule has 0 spiro atoms. The van der Waals surface area contributed by atoms with Crippen LogP contribution in [-0.4, -0.2) is 23.8 Å². The molecule has 2 amide bonds. The molecule has 0 aliphatic carbocycles. The van der Waals surface area contributed by atoms with Crippen molar-refractivity contribution in [2.24, 2.45) is 10.9 Å². The fraction of sp³-hybridized carbons (Fsp3) is 0.222. The van der Waals surface area contributed by atoms with E-state index in [-0.39, 0.29) is 5.91 Å². The van der Waals surface area contributed by atoms with Crippen LogP contribution in [0, 0.1) is 0 Å². The molecule has 0 saturated heterocycles. The fourth-order valence-electron chi connectivity index (χ4n) is 4.25. The lowest BCUT2D eigenvalue weighted by Gasteiger charge is -2.14. The van der Waals surface area contributed by atoms with Crippen molar-refractivity contribution in [1.82, 2.24) is 0 Å². The summed E-state index contributed by atoms with van der Waals surface area (Å²) in [7, 11) is 0. The number of nitrogens with zero attached hydrogens (tertiary/aromatic N) is 1. The van der Waals surface area contributed by atoms with Crippen molar-refractivity contribution in [3.8, 4) is 0 Å². The number of aliphatic imine (C=N–C) groups is 1. The summed E-state index contributed by atoms with van der Waals surface area (Å²) in [4.78, 5) is 33.7. The summed E-state index contributed by atoms with van der Waals surface area (Å²) in [5.41, 5.74) is 6.97. The lowest BCUT2D eigenvalue weighted by Crippen LogP contribution is -2.27. The number of aryl methyl sites for hydroxylation is 2. The first-order valence-electron chi connectivity index (χ1n) is 11.5. The predicted molar refractivity (Wildman–Crippen MR) is 139 cm³/mol. The van der Waals surface area contributed by atoms with E-state index in [0.717, 1.165) is 29.5 Å². The number of hydrogen-bond acceptors (Lipinski definition) is 5. The van der Waals surface area contributed by atoms with E-state index in [1.807, 2.05) is 12.1 Å². The number of amides is 2. The van der Waals surface area contributed by atoms with Crippen LogP contribution in [0.5, 0.6) is 0 Å². The minimum atomic E-state index is -0.767. The third kappa shape index (κ3) is 5.53. The van der Waals surface area contributed by atoms with Gasteiger partial charge in [-0.25, -0.2) is 4.79 Å². The Kier molecular flexibility index (Phi) is 7.48. The molecule has 1 aliphatic heterocycles. The molecule has 3 aromatic rings. The van der Waals surface area contributed by atoms with Gasteiger partial charge in [-0.2, -0.15) is 5.90 Å². The molecule has 8 heteroatoms. The average molecular weight is 491 g/mol. The van der Waals surface area contributed by atoms with E-state index in [1.165, 1.54) is 11.1 Å². The predicted octanol–water partition coefficient (Wildman–Crippen LogP) is 5.29. The van der Waals surface area contributed by atoms with Crippen LogP contribution >= 0.6 is 11.6 Å². The van der Waals surface area contributed by atoms with Gasteiger partial charge in [0.05, 0.1) is 11.4 Å². The molecule has 180 valence electrons. The SMILES string of the molecule is CCc1ccc(CC2N=C(c3ccc(NC(=O)ON)cc3)c3cc(Cl)ccc3NC2=O)cc1CC. The maximum atomic E-state index is 13.2. The zero-order chi connectivity index (χ0) is 24.9. The number of halogens is 1. The Balaban J connectivity index is 1.74. The van der Waals surface area contributed by atoms with Crippen LogP contribution in [0.3, 0.4) is 0 Å². The second kappa shape index (κ2) is 10.7. The van der Waals surface area contributed by atoms with E-state index in [0.29, 0.717) is 28.5 Å². The normalized spacial score (nSPS) is 14.9. The van der Waals surface area contributed by atoms with Crippen molar-refractivity contribution in [2.45, 2.75) is 39.2 Å². The summed E-state index contributed by atoms with van der Waals surface area (Å²) >= 11 is 6.30. The Morgan fingerprint density at radius 2 is 1.80 bits per heavy atom. The number of benzodiazepines with no additional fused rings is 1. The highest BCUT2D eigenvalue weighted by atomic mass is 35.5. The molecule has 1 heterocycles. The molecule has 1 aliphatic rings. The number of fused-ring (bicyclic) bond motifs is 1. The second-order valence-corrected chi connectivity index (χ2v) is 8.73. The molecule has 7 nitrogen and oxygen atoms in total. The first-order chi connectivity index (χ1) is 16.9. The largest absolute Gasteiger partial charge is 0.430 e. The van der Waals surface area contributed by atoms with Crippen LogP contribution in [0.1, 0.15) is 41.7 Å². The van der Waals surface area contributed by atoms with E-state index in [1.54, 1.807) is 30.3 Å². The Hall–Kier alpha value is -3.68. The average Bonchev–Trinajstić information content (AvgIpc) is 3.00. The highest BCUT2D eigenvalue weighted by Crippen LogP contribution is 2.29. The highest BCUT2D eigenvalue weighted by Gasteiger charge is 2.26. The Morgan fingerprint density at radius 3 is 2.49 bits per heavy atom. The van der Waals surface area contributed by atoms with Crippen molar-refractivity contribution >= 4 is 40.7 Å². The number of nitrogens with one attached hydrogen (secondary N) is 2.